The lowest BCUT2D eigenvalue weighted by Crippen LogP contribution is -2.42. The van der Waals surface area contributed by atoms with Gasteiger partial charge < -0.3 is 15.4 Å². The van der Waals surface area contributed by atoms with E-state index in [1.807, 2.05) is 0 Å². The number of nitrogens with zero attached hydrogens (tertiary/aromatic N) is 3. The largest absolute Gasteiger partial charge is 0.395 e. The van der Waals surface area contributed by atoms with Gasteiger partial charge in [0.15, 0.2) is 5.82 Å². The fourth-order valence-corrected chi connectivity index (χ4v) is 1.85. The molecule has 0 spiro atoms. The minimum atomic E-state index is 0.123. The molecule has 0 atom stereocenters. The molecular formula is C10H17N5O. The van der Waals surface area contributed by atoms with E-state index >= 15 is 0 Å². The molecular weight excluding hydrogens is 206 g/mol. The topological polar surface area (TPSA) is 87.3 Å². The zero-order valence-electron chi connectivity index (χ0n) is 9.13. The predicted octanol–water partition coefficient (Wildman–Crippen LogP) is 0.113. The Balaban J connectivity index is 2.16. The van der Waals surface area contributed by atoms with Crippen LogP contribution in [0.15, 0.2) is 12.4 Å². The normalized spacial score (nSPS) is 15.6. The van der Waals surface area contributed by atoms with Gasteiger partial charge in [0, 0.05) is 12.6 Å². The number of hydrogen-bond donors (Lipinski definition) is 3. The van der Waals surface area contributed by atoms with Crippen molar-refractivity contribution in [3.05, 3.63) is 12.4 Å². The lowest BCUT2D eigenvalue weighted by atomic mass is 9.91. The van der Waals surface area contributed by atoms with Gasteiger partial charge in [-0.1, -0.05) is 0 Å². The van der Waals surface area contributed by atoms with Gasteiger partial charge in [-0.15, -0.1) is 0 Å². The van der Waals surface area contributed by atoms with E-state index in [0.29, 0.717) is 18.4 Å². The van der Waals surface area contributed by atoms with Gasteiger partial charge in [-0.05, 0) is 19.3 Å². The molecule has 0 bridgehead atoms. The molecule has 1 aromatic rings. The van der Waals surface area contributed by atoms with Gasteiger partial charge in [0.05, 0.1) is 19.0 Å². The first-order chi connectivity index (χ1) is 7.85. The summed E-state index contributed by atoms with van der Waals surface area (Å²) in [6.07, 6.45) is 6.83. The molecule has 1 aromatic heterocycles. The monoisotopic (exact) mass is 223 g/mol. The van der Waals surface area contributed by atoms with Crippen LogP contribution in [0.2, 0.25) is 0 Å². The van der Waals surface area contributed by atoms with Crippen LogP contribution in [0.1, 0.15) is 19.3 Å². The van der Waals surface area contributed by atoms with E-state index in [4.69, 9.17) is 10.9 Å². The minimum Gasteiger partial charge on any atom is -0.395 e. The van der Waals surface area contributed by atoms with Crippen LogP contribution in [0.5, 0.6) is 0 Å². The third kappa shape index (κ3) is 2.23. The molecule has 0 amide bonds. The summed E-state index contributed by atoms with van der Waals surface area (Å²) < 4.78 is 0. The standard InChI is InChI=1S/C10H17N5O/c11-14-9-6-12-7-10(13-9)15(4-5-16)8-2-1-3-8/h6-8,16H,1-5,11H2,(H,13,14). The molecule has 16 heavy (non-hydrogen) atoms. The molecule has 0 radical (unpaired) electrons. The number of aliphatic hydroxyl groups is 1. The number of aromatic nitrogens is 2. The van der Waals surface area contributed by atoms with Gasteiger partial charge in [0.1, 0.15) is 5.82 Å². The lowest BCUT2D eigenvalue weighted by molar-refractivity contribution is 0.283. The van der Waals surface area contributed by atoms with Crippen molar-refractivity contribution in [2.24, 2.45) is 5.84 Å². The maximum atomic E-state index is 9.06. The van der Waals surface area contributed by atoms with Crippen molar-refractivity contribution in [1.82, 2.24) is 9.97 Å². The number of nitrogens with two attached hydrogens (primary N) is 1. The van der Waals surface area contributed by atoms with Gasteiger partial charge in [0.2, 0.25) is 0 Å². The summed E-state index contributed by atoms with van der Waals surface area (Å²) in [6, 6.07) is 0.481. The molecule has 1 fully saturated rings. The second kappa shape index (κ2) is 5.09. The highest BCUT2D eigenvalue weighted by molar-refractivity contribution is 5.44. The summed E-state index contributed by atoms with van der Waals surface area (Å²) in [5.74, 6) is 6.61. The van der Waals surface area contributed by atoms with E-state index in [9.17, 15) is 0 Å². The third-order valence-electron chi connectivity index (χ3n) is 2.92. The predicted molar refractivity (Wildman–Crippen MR) is 61.9 cm³/mol. The van der Waals surface area contributed by atoms with Crippen LogP contribution in [0.3, 0.4) is 0 Å². The fraction of sp³-hybridized carbons (Fsp3) is 0.600. The zero-order valence-corrected chi connectivity index (χ0v) is 9.13. The van der Waals surface area contributed by atoms with Gasteiger partial charge in [0.25, 0.3) is 0 Å². The second-order valence-corrected chi connectivity index (χ2v) is 3.91. The molecule has 0 unspecified atom stereocenters. The Labute approximate surface area is 94.5 Å². The maximum absolute atomic E-state index is 9.06. The Bertz CT molecular complexity index is 342. The molecule has 88 valence electrons. The van der Waals surface area contributed by atoms with Crippen LogP contribution in [0.25, 0.3) is 0 Å². The average Bonchev–Trinajstić information content (AvgIpc) is 2.26. The number of anilines is 2. The van der Waals surface area contributed by atoms with Crippen LogP contribution in [-0.4, -0.2) is 34.3 Å². The van der Waals surface area contributed by atoms with E-state index in [2.05, 4.69) is 20.3 Å². The lowest BCUT2D eigenvalue weighted by Gasteiger charge is -2.37. The van der Waals surface area contributed by atoms with E-state index < -0.39 is 0 Å². The van der Waals surface area contributed by atoms with Gasteiger partial charge in [-0.2, -0.15) is 0 Å². The highest BCUT2D eigenvalue weighted by Gasteiger charge is 2.25. The number of nitrogens with one attached hydrogen (secondary N) is 1. The summed E-state index contributed by atoms with van der Waals surface area (Å²) in [4.78, 5) is 10.5. The molecule has 6 heteroatoms. The number of hydrogen-bond acceptors (Lipinski definition) is 6. The average molecular weight is 223 g/mol. The molecule has 6 nitrogen and oxygen atoms in total. The van der Waals surface area contributed by atoms with Crippen molar-refractivity contribution in [2.75, 3.05) is 23.5 Å². The molecule has 1 saturated carbocycles. The second-order valence-electron chi connectivity index (χ2n) is 3.91. The van der Waals surface area contributed by atoms with Crippen molar-refractivity contribution in [1.29, 1.82) is 0 Å². The van der Waals surface area contributed by atoms with Crippen LogP contribution < -0.4 is 16.2 Å². The van der Waals surface area contributed by atoms with Crippen LogP contribution >= 0.6 is 0 Å². The molecule has 0 aliphatic heterocycles. The summed E-state index contributed by atoms with van der Waals surface area (Å²) in [5, 5.41) is 9.06. The van der Waals surface area contributed by atoms with Gasteiger partial charge >= 0.3 is 0 Å². The first-order valence-electron chi connectivity index (χ1n) is 5.51. The van der Waals surface area contributed by atoms with Crippen molar-refractivity contribution < 1.29 is 5.11 Å². The van der Waals surface area contributed by atoms with E-state index in [1.165, 1.54) is 6.42 Å². The SMILES string of the molecule is NNc1cncc(N(CCO)C2CCC2)n1. The Morgan fingerprint density at radius 1 is 1.50 bits per heavy atom. The molecule has 1 aliphatic carbocycles. The molecule has 0 saturated heterocycles. The maximum Gasteiger partial charge on any atom is 0.160 e. The Kier molecular flexibility index (Phi) is 3.53. The highest BCUT2D eigenvalue weighted by Crippen LogP contribution is 2.28. The van der Waals surface area contributed by atoms with Gasteiger partial charge in [-0.25, -0.2) is 10.8 Å². The Morgan fingerprint density at radius 2 is 2.31 bits per heavy atom. The molecule has 0 aromatic carbocycles. The summed E-state index contributed by atoms with van der Waals surface area (Å²) in [5.41, 5.74) is 2.48. The van der Waals surface area contributed by atoms with E-state index in [-0.39, 0.29) is 6.61 Å². The van der Waals surface area contributed by atoms with Crippen molar-refractivity contribution in [2.45, 2.75) is 25.3 Å². The molecule has 1 aliphatic rings. The Morgan fingerprint density at radius 3 is 2.88 bits per heavy atom. The number of hydrazine groups is 1. The summed E-state index contributed by atoms with van der Waals surface area (Å²) in [7, 11) is 0. The van der Waals surface area contributed by atoms with E-state index in [1.54, 1.807) is 12.4 Å². The smallest absolute Gasteiger partial charge is 0.160 e. The minimum absolute atomic E-state index is 0.123. The van der Waals surface area contributed by atoms with Gasteiger partial charge in [-0.3, -0.25) is 4.98 Å². The van der Waals surface area contributed by atoms with Crippen molar-refractivity contribution in [3.8, 4) is 0 Å². The fourth-order valence-electron chi connectivity index (χ4n) is 1.85. The number of aliphatic hydroxyl groups excluding tert-OH is 1. The molecule has 2 rings (SSSR count). The number of rotatable bonds is 5. The zero-order chi connectivity index (χ0) is 11.4. The van der Waals surface area contributed by atoms with Crippen LogP contribution in [0, 0.1) is 0 Å². The number of nitrogen functional groups attached to an aromatic ring is 1. The third-order valence-corrected chi connectivity index (χ3v) is 2.92. The Hall–Kier alpha value is -1.40. The van der Waals surface area contributed by atoms with Crippen LogP contribution in [0.4, 0.5) is 11.6 Å². The van der Waals surface area contributed by atoms with Crippen molar-refractivity contribution >= 4 is 11.6 Å². The summed E-state index contributed by atoms with van der Waals surface area (Å²) in [6.45, 7) is 0.714. The van der Waals surface area contributed by atoms with Crippen LogP contribution in [-0.2, 0) is 0 Å². The summed E-state index contributed by atoms with van der Waals surface area (Å²) >= 11 is 0. The van der Waals surface area contributed by atoms with E-state index in [0.717, 1.165) is 18.7 Å². The first-order valence-corrected chi connectivity index (χ1v) is 5.51. The first kappa shape index (κ1) is 11.1. The quantitative estimate of drug-likeness (QED) is 0.485. The van der Waals surface area contributed by atoms with Crippen molar-refractivity contribution in [3.63, 3.8) is 0 Å². The highest BCUT2D eigenvalue weighted by atomic mass is 16.3. The molecule has 1 heterocycles. The molecule has 4 N–H and O–H groups in total.